The topological polar surface area (TPSA) is 75.6 Å². The number of anilines is 1. The molecule has 21 heavy (non-hydrogen) atoms. The molecule has 2 aromatic rings. The predicted molar refractivity (Wildman–Crippen MR) is 79.7 cm³/mol. The van der Waals surface area contributed by atoms with Gasteiger partial charge in [0.05, 0.1) is 18.4 Å². The summed E-state index contributed by atoms with van der Waals surface area (Å²) in [6.07, 6.45) is 0. The van der Waals surface area contributed by atoms with E-state index in [-0.39, 0.29) is 17.2 Å². The van der Waals surface area contributed by atoms with Gasteiger partial charge in [-0.2, -0.15) is 0 Å². The van der Waals surface area contributed by atoms with Gasteiger partial charge in [0.1, 0.15) is 5.75 Å². The van der Waals surface area contributed by atoms with Crippen molar-refractivity contribution in [2.24, 2.45) is 0 Å². The zero-order chi connectivity index (χ0) is 15.4. The smallest absolute Gasteiger partial charge is 0.337 e. The number of amides is 1. The molecule has 0 aliphatic carbocycles. The maximum Gasteiger partial charge on any atom is 0.337 e. The minimum absolute atomic E-state index is 0.0123. The first-order valence-electron chi connectivity index (χ1n) is 6.31. The summed E-state index contributed by atoms with van der Waals surface area (Å²) in [4.78, 5) is 22.6. The summed E-state index contributed by atoms with van der Waals surface area (Å²) in [6.45, 7) is 1.33. The van der Waals surface area contributed by atoms with Crippen molar-refractivity contribution in [1.82, 2.24) is 0 Å². The van der Waals surface area contributed by atoms with Crippen molar-refractivity contribution in [3.63, 3.8) is 0 Å². The van der Waals surface area contributed by atoms with Crippen molar-refractivity contribution in [2.75, 3.05) is 12.4 Å². The third-order valence-corrected chi connectivity index (χ3v) is 2.97. The Balaban J connectivity index is 2.65. The Morgan fingerprint density at radius 1 is 1.14 bits per heavy atom. The van der Waals surface area contributed by atoms with Crippen LogP contribution in [0.25, 0.3) is 11.1 Å². The average Bonchev–Trinajstić information content (AvgIpc) is 2.47. The summed E-state index contributed by atoms with van der Waals surface area (Å²) in [5.41, 5.74) is 1.82. The fourth-order valence-electron chi connectivity index (χ4n) is 2.06. The molecule has 2 rings (SSSR count). The molecule has 2 aromatic carbocycles. The Kier molecular flexibility index (Phi) is 4.23. The van der Waals surface area contributed by atoms with Gasteiger partial charge in [-0.05, 0) is 17.7 Å². The minimum Gasteiger partial charge on any atom is -0.496 e. The van der Waals surface area contributed by atoms with E-state index in [1.807, 2.05) is 30.3 Å². The Morgan fingerprint density at radius 3 is 2.33 bits per heavy atom. The molecule has 0 saturated heterocycles. The lowest BCUT2D eigenvalue weighted by Gasteiger charge is -2.14. The highest BCUT2D eigenvalue weighted by molar-refractivity contribution is 6.01. The maximum absolute atomic E-state index is 11.3. The number of rotatable bonds is 4. The Morgan fingerprint density at radius 2 is 1.81 bits per heavy atom. The number of methoxy groups -OCH3 is 1. The van der Waals surface area contributed by atoms with E-state index in [0.717, 1.165) is 5.56 Å². The molecule has 0 bridgehead atoms. The van der Waals surface area contributed by atoms with Gasteiger partial charge < -0.3 is 15.2 Å². The van der Waals surface area contributed by atoms with Gasteiger partial charge >= 0.3 is 5.97 Å². The summed E-state index contributed by atoms with van der Waals surface area (Å²) < 4.78 is 5.27. The van der Waals surface area contributed by atoms with Crippen LogP contribution in [-0.2, 0) is 4.79 Å². The van der Waals surface area contributed by atoms with Crippen molar-refractivity contribution >= 4 is 17.6 Å². The lowest BCUT2D eigenvalue weighted by atomic mass is 10.0. The summed E-state index contributed by atoms with van der Waals surface area (Å²) in [7, 11) is 1.48. The van der Waals surface area contributed by atoms with Crippen LogP contribution in [-0.4, -0.2) is 24.1 Å². The van der Waals surface area contributed by atoms with E-state index < -0.39 is 5.97 Å². The van der Waals surface area contributed by atoms with Crippen LogP contribution >= 0.6 is 0 Å². The number of hydrogen-bond acceptors (Lipinski definition) is 3. The minimum atomic E-state index is -1.13. The van der Waals surface area contributed by atoms with Crippen LogP contribution in [0.3, 0.4) is 0 Å². The van der Waals surface area contributed by atoms with Crippen molar-refractivity contribution < 1.29 is 19.4 Å². The molecule has 5 nitrogen and oxygen atoms in total. The number of ether oxygens (including phenoxy) is 1. The Bertz CT molecular complexity index is 680. The van der Waals surface area contributed by atoms with Gasteiger partial charge in [-0.3, -0.25) is 4.79 Å². The van der Waals surface area contributed by atoms with Gasteiger partial charge in [0.2, 0.25) is 5.91 Å². The van der Waals surface area contributed by atoms with Gasteiger partial charge in [0, 0.05) is 12.5 Å². The van der Waals surface area contributed by atoms with Gasteiger partial charge in [-0.1, -0.05) is 30.3 Å². The van der Waals surface area contributed by atoms with Gasteiger partial charge in [-0.25, -0.2) is 4.79 Å². The third kappa shape index (κ3) is 3.20. The SMILES string of the molecule is COc1cc(C(=O)O)c(NC(C)=O)cc1-c1ccccc1. The number of carboxylic acid groups (broad SMARTS) is 1. The summed E-state index contributed by atoms with van der Waals surface area (Å²) in [5, 5.41) is 11.8. The Labute approximate surface area is 122 Å². The Hall–Kier alpha value is -2.82. The average molecular weight is 285 g/mol. The number of carboxylic acids is 1. The molecule has 0 fully saturated rings. The molecule has 2 N–H and O–H groups in total. The van der Waals surface area contributed by atoms with E-state index in [9.17, 15) is 14.7 Å². The van der Waals surface area contributed by atoms with Crippen LogP contribution in [0, 0.1) is 0 Å². The standard InChI is InChI=1S/C16H15NO4/c1-10(18)17-14-8-12(11-6-4-3-5-7-11)15(21-2)9-13(14)16(19)20/h3-9H,1-2H3,(H,17,18)(H,19,20). The largest absolute Gasteiger partial charge is 0.496 e. The van der Waals surface area contributed by atoms with E-state index in [2.05, 4.69) is 5.32 Å². The molecule has 0 aliphatic rings. The van der Waals surface area contributed by atoms with Crippen LogP contribution in [0.15, 0.2) is 42.5 Å². The predicted octanol–water partition coefficient (Wildman–Crippen LogP) is 3.02. The molecule has 0 radical (unpaired) electrons. The lowest BCUT2D eigenvalue weighted by Crippen LogP contribution is -2.11. The first-order valence-corrected chi connectivity index (χ1v) is 6.31. The monoisotopic (exact) mass is 285 g/mol. The second-order valence-corrected chi connectivity index (χ2v) is 4.45. The zero-order valence-corrected chi connectivity index (χ0v) is 11.7. The second kappa shape index (κ2) is 6.09. The number of nitrogens with one attached hydrogen (secondary N) is 1. The number of hydrogen-bond donors (Lipinski definition) is 2. The van der Waals surface area contributed by atoms with Gasteiger partial charge in [-0.15, -0.1) is 0 Å². The van der Waals surface area contributed by atoms with Crippen LogP contribution in [0.4, 0.5) is 5.69 Å². The first kappa shape index (κ1) is 14.6. The van der Waals surface area contributed by atoms with Crippen LogP contribution in [0.2, 0.25) is 0 Å². The highest BCUT2D eigenvalue weighted by atomic mass is 16.5. The summed E-state index contributed by atoms with van der Waals surface area (Å²) >= 11 is 0. The van der Waals surface area contributed by atoms with E-state index >= 15 is 0 Å². The van der Waals surface area contributed by atoms with Crippen molar-refractivity contribution in [1.29, 1.82) is 0 Å². The molecule has 0 unspecified atom stereocenters. The number of benzene rings is 2. The molecule has 1 amide bonds. The van der Waals surface area contributed by atoms with Crippen LogP contribution in [0.1, 0.15) is 17.3 Å². The number of aromatic carboxylic acids is 1. The molecule has 0 heterocycles. The number of carbonyl (C=O) groups is 2. The van der Waals surface area contributed by atoms with Crippen molar-refractivity contribution in [2.45, 2.75) is 6.92 Å². The molecule has 0 saturated carbocycles. The van der Waals surface area contributed by atoms with Crippen molar-refractivity contribution in [3.8, 4) is 16.9 Å². The van der Waals surface area contributed by atoms with Gasteiger partial charge in [0.25, 0.3) is 0 Å². The summed E-state index contributed by atoms with van der Waals surface area (Å²) in [5.74, 6) is -1.02. The van der Waals surface area contributed by atoms with Crippen LogP contribution in [0.5, 0.6) is 5.75 Å². The molecular weight excluding hydrogens is 270 g/mol. The fourth-order valence-corrected chi connectivity index (χ4v) is 2.06. The van der Waals surface area contributed by atoms with E-state index in [1.165, 1.54) is 20.1 Å². The quantitative estimate of drug-likeness (QED) is 0.905. The molecule has 0 aromatic heterocycles. The number of carbonyl (C=O) groups excluding carboxylic acids is 1. The second-order valence-electron chi connectivity index (χ2n) is 4.45. The van der Waals surface area contributed by atoms with E-state index in [4.69, 9.17) is 4.74 Å². The van der Waals surface area contributed by atoms with Gasteiger partial charge in [0.15, 0.2) is 0 Å². The zero-order valence-electron chi connectivity index (χ0n) is 11.7. The molecule has 0 aliphatic heterocycles. The molecule has 5 heteroatoms. The van der Waals surface area contributed by atoms with Crippen molar-refractivity contribution in [3.05, 3.63) is 48.0 Å². The molecule has 0 spiro atoms. The van der Waals surface area contributed by atoms with E-state index in [1.54, 1.807) is 6.07 Å². The molecule has 0 atom stereocenters. The fraction of sp³-hybridized carbons (Fsp3) is 0.125. The highest BCUT2D eigenvalue weighted by Gasteiger charge is 2.17. The third-order valence-electron chi connectivity index (χ3n) is 2.97. The van der Waals surface area contributed by atoms with E-state index in [0.29, 0.717) is 11.3 Å². The lowest BCUT2D eigenvalue weighted by molar-refractivity contribution is -0.114. The first-order chi connectivity index (χ1) is 10.0. The summed E-state index contributed by atoms with van der Waals surface area (Å²) in [6, 6.07) is 12.4. The molecular formula is C16H15NO4. The normalized spacial score (nSPS) is 10.0. The highest BCUT2D eigenvalue weighted by Crippen LogP contribution is 2.35. The maximum atomic E-state index is 11.3. The molecule has 108 valence electrons. The van der Waals surface area contributed by atoms with Crippen LogP contribution < -0.4 is 10.1 Å².